The summed E-state index contributed by atoms with van der Waals surface area (Å²) >= 11 is 0. The number of rotatable bonds is 5. The topological polar surface area (TPSA) is 81.4 Å². The molecule has 4 rings (SSSR count). The van der Waals surface area contributed by atoms with E-state index < -0.39 is 0 Å². The van der Waals surface area contributed by atoms with Crippen molar-refractivity contribution in [2.45, 2.75) is 31.9 Å². The maximum Gasteiger partial charge on any atom is 0.264 e. The highest BCUT2D eigenvalue weighted by Crippen LogP contribution is 2.30. The molecule has 28 heavy (non-hydrogen) atoms. The normalized spacial score (nSPS) is 16.8. The van der Waals surface area contributed by atoms with Gasteiger partial charge in [0.2, 0.25) is 0 Å². The van der Waals surface area contributed by atoms with Gasteiger partial charge in [-0.15, -0.1) is 0 Å². The van der Waals surface area contributed by atoms with E-state index in [0.29, 0.717) is 29.6 Å². The lowest BCUT2D eigenvalue weighted by Crippen LogP contribution is -2.39. The summed E-state index contributed by atoms with van der Waals surface area (Å²) in [6.45, 7) is 0.714. The molecule has 0 spiro atoms. The Labute approximate surface area is 161 Å². The van der Waals surface area contributed by atoms with Crippen LogP contribution in [0.5, 0.6) is 5.75 Å². The molecule has 1 fully saturated rings. The summed E-state index contributed by atoms with van der Waals surface area (Å²) in [4.78, 5) is 23.0. The van der Waals surface area contributed by atoms with Crippen LogP contribution in [0.1, 0.15) is 47.4 Å². The van der Waals surface area contributed by atoms with Crippen molar-refractivity contribution in [1.82, 2.24) is 20.0 Å². The van der Waals surface area contributed by atoms with E-state index in [-0.39, 0.29) is 24.4 Å². The first kappa shape index (κ1) is 18.1. The summed E-state index contributed by atoms with van der Waals surface area (Å²) in [5.41, 5.74) is 0.588. The molecule has 1 atom stereocenters. The van der Waals surface area contributed by atoms with Crippen LogP contribution in [0.2, 0.25) is 0 Å². The number of piperidine rings is 1. The zero-order valence-corrected chi connectivity index (χ0v) is 15.1. The molecule has 144 valence electrons. The number of aromatic nitrogens is 3. The number of amides is 1. The maximum atomic E-state index is 13.0. The lowest BCUT2D eigenvalue weighted by molar-refractivity contribution is 0.0596. The lowest BCUT2D eigenvalue weighted by Gasteiger charge is -2.33. The third-order valence-electron chi connectivity index (χ3n) is 4.65. The second-order valence-electron chi connectivity index (χ2n) is 6.53. The van der Waals surface area contributed by atoms with Gasteiger partial charge in [-0.3, -0.25) is 9.78 Å². The third-order valence-corrected chi connectivity index (χ3v) is 4.65. The van der Waals surface area contributed by atoms with Crippen molar-refractivity contribution in [2.75, 3.05) is 6.54 Å². The molecule has 0 aliphatic carbocycles. The van der Waals surface area contributed by atoms with Crippen LogP contribution < -0.4 is 4.74 Å². The summed E-state index contributed by atoms with van der Waals surface area (Å²) in [6, 6.07) is 8.86. The number of carbonyl (C=O) groups is 1. The molecule has 1 saturated heterocycles. The van der Waals surface area contributed by atoms with E-state index in [1.54, 1.807) is 29.4 Å². The molecule has 1 unspecified atom stereocenters. The van der Waals surface area contributed by atoms with Gasteiger partial charge in [0.05, 0.1) is 6.04 Å². The minimum absolute atomic E-state index is 0.0685. The van der Waals surface area contributed by atoms with Crippen molar-refractivity contribution < 1.29 is 18.4 Å². The predicted molar refractivity (Wildman–Crippen MR) is 96.9 cm³/mol. The van der Waals surface area contributed by atoms with E-state index in [9.17, 15) is 9.18 Å². The van der Waals surface area contributed by atoms with E-state index in [0.717, 1.165) is 19.3 Å². The molecule has 8 heteroatoms. The highest BCUT2D eigenvalue weighted by molar-refractivity contribution is 5.94. The minimum atomic E-state index is -0.330. The van der Waals surface area contributed by atoms with Gasteiger partial charge in [-0.2, -0.15) is 4.98 Å². The van der Waals surface area contributed by atoms with Gasteiger partial charge in [0.1, 0.15) is 11.6 Å². The average molecular weight is 382 g/mol. The molecule has 2 aromatic heterocycles. The van der Waals surface area contributed by atoms with Crippen LogP contribution in [-0.4, -0.2) is 32.5 Å². The number of ether oxygens (including phenoxy) is 1. The largest absolute Gasteiger partial charge is 0.484 e. The first-order chi connectivity index (χ1) is 13.7. The van der Waals surface area contributed by atoms with Crippen molar-refractivity contribution in [3.8, 4) is 5.75 Å². The number of benzene rings is 1. The van der Waals surface area contributed by atoms with Gasteiger partial charge >= 0.3 is 0 Å². The van der Waals surface area contributed by atoms with Gasteiger partial charge in [0.25, 0.3) is 11.8 Å². The Morgan fingerprint density at radius 3 is 2.75 bits per heavy atom. The lowest BCUT2D eigenvalue weighted by atomic mass is 10.0. The molecule has 1 aliphatic heterocycles. The van der Waals surface area contributed by atoms with Crippen LogP contribution in [-0.2, 0) is 6.61 Å². The van der Waals surface area contributed by atoms with E-state index in [1.165, 1.54) is 24.3 Å². The van der Waals surface area contributed by atoms with E-state index in [4.69, 9.17) is 9.26 Å². The molecule has 3 heterocycles. The molecule has 1 aliphatic rings. The molecule has 0 N–H and O–H groups in total. The smallest absolute Gasteiger partial charge is 0.264 e. The van der Waals surface area contributed by atoms with Crippen LogP contribution >= 0.6 is 0 Å². The van der Waals surface area contributed by atoms with Crippen molar-refractivity contribution in [2.24, 2.45) is 0 Å². The van der Waals surface area contributed by atoms with E-state index in [1.807, 2.05) is 0 Å². The standard InChI is InChI=1S/C20H19FN4O3/c21-15-4-6-16(7-5-15)27-13-18-23-19(24-28-18)17-3-1-2-12-25(17)20(26)14-8-10-22-11-9-14/h4-11,17H,1-3,12-13H2. The number of pyridine rings is 1. The first-order valence-electron chi connectivity index (χ1n) is 9.12. The quantitative estimate of drug-likeness (QED) is 0.671. The summed E-state index contributed by atoms with van der Waals surface area (Å²) in [5, 5.41) is 4.06. The van der Waals surface area contributed by atoms with Crippen LogP contribution in [0.3, 0.4) is 0 Å². The molecule has 0 bridgehead atoms. The maximum absolute atomic E-state index is 13.0. The molecule has 1 aromatic carbocycles. The molecule has 0 saturated carbocycles. The number of hydrogen-bond acceptors (Lipinski definition) is 6. The van der Waals surface area contributed by atoms with E-state index >= 15 is 0 Å². The summed E-state index contributed by atoms with van der Waals surface area (Å²) in [5.74, 6) is 0.888. The molecular formula is C20H19FN4O3. The van der Waals surface area contributed by atoms with Gasteiger partial charge in [0.15, 0.2) is 12.4 Å². The molecule has 3 aromatic rings. The highest BCUT2D eigenvalue weighted by atomic mass is 19.1. The Kier molecular flexibility index (Phi) is 5.27. The average Bonchev–Trinajstić information content (AvgIpc) is 3.22. The van der Waals surface area contributed by atoms with E-state index in [2.05, 4.69) is 15.1 Å². The molecule has 0 radical (unpaired) electrons. The van der Waals surface area contributed by atoms with Gasteiger partial charge in [-0.1, -0.05) is 5.16 Å². The van der Waals surface area contributed by atoms with Crippen molar-refractivity contribution >= 4 is 5.91 Å². The fourth-order valence-electron chi connectivity index (χ4n) is 3.24. The number of carbonyl (C=O) groups excluding carboxylic acids is 1. The summed E-state index contributed by atoms with van der Waals surface area (Å²) in [7, 11) is 0. The summed E-state index contributed by atoms with van der Waals surface area (Å²) < 4.78 is 23.8. The summed E-state index contributed by atoms with van der Waals surface area (Å²) in [6.07, 6.45) is 5.90. The zero-order chi connectivity index (χ0) is 19.3. The second-order valence-corrected chi connectivity index (χ2v) is 6.53. The minimum Gasteiger partial charge on any atom is -0.484 e. The molecule has 7 nitrogen and oxygen atoms in total. The Morgan fingerprint density at radius 2 is 1.96 bits per heavy atom. The van der Waals surface area contributed by atoms with Crippen LogP contribution in [0.15, 0.2) is 53.3 Å². The monoisotopic (exact) mass is 382 g/mol. The third kappa shape index (κ3) is 4.00. The Morgan fingerprint density at radius 1 is 1.18 bits per heavy atom. The second kappa shape index (κ2) is 8.16. The number of halogens is 1. The molecular weight excluding hydrogens is 363 g/mol. The Hall–Kier alpha value is -3.29. The Balaban J connectivity index is 1.46. The first-order valence-corrected chi connectivity index (χ1v) is 9.12. The number of nitrogens with zero attached hydrogens (tertiary/aromatic N) is 4. The van der Waals surface area contributed by atoms with Gasteiger partial charge in [-0.25, -0.2) is 4.39 Å². The number of likely N-dealkylation sites (tertiary alicyclic amines) is 1. The van der Waals surface area contributed by atoms with Crippen molar-refractivity contribution in [1.29, 1.82) is 0 Å². The van der Waals surface area contributed by atoms with Gasteiger partial charge < -0.3 is 14.2 Å². The number of hydrogen-bond donors (Lipinski definition) is 0. The van der Waals surface area contributed by atoms with Crippen LogP contribution in [0, 0.1) is 5.82 Å². The van der Waals surface area contributed by atoms with Crippen LogP contribution in [0.25, 0.3) is 0 Å². The SMILES string of the molecule is O=C(c1ccncc1)N1CCCCC1c1noc(COc2ccc(F)cc2)n1. The highest BCUT2D eigenvalue weighted by Gasteiger charge is 2.32. The van der Waals surface area contributed by atoms with Crippen LogP contribution in [0.4, 0.5) is 4.39 Å². The fraction of sp³-hybridized carbons (Fsp3) is 0.300. The van der Waals surface area contributed by atoms with Gasteiger partial charge in [0, 0.05) is 24.5 Å². The van der Waals surface area contributed by atoms with Crippen molar-refractivity contribution in [3.05, 3.63) is 71.9 Å². The zero-order valence-electron chi connectivity index (χ0n) is 15.1. The Bertz CT molecular complexity index is 930. The predicted octanol–water partition coefficient (Wildman–Crippen LogP) is 3.55. The van der Waals surface area contributed by atoms with Crippen molar-refractivity contribution in [3.63, 3.8) is 0 Å². The molecule has 1 amide bonds. The van der Waals surface area contributed by atoms with Gasteiger partial charge in [-0.05, 0) is 55.7 Å². The fourth-order valence-corrected chi connectivity index (χ4v) is 3.24.